The van der Waals surface area contributed by atoms with Crippen LogP contribution < -0.4 is 0 Å². The number of nitrogens with zero attached hydrogens (tertiary/aromatic N) is 1. The molecule has 1 aromatic carbocycles. The van der Waals surface area contributed by atoms with Crippen molar-refractivity contribution >= 4 is 11.6 Å². The predicted octanol–water partition coefficient (Wildman–Crippen LogP) is 2.67. The van der Waals surface area contributed by atoms with Crippen LogP contribution in [0.2, 0.25) is 5.02 Å². The zero-order chi connectivity index (χ0) is 9.14. The molecule has 0 radical (unpaired) electrons. The van der Waals surface area contributed by atoms with Crippen molar-refractivity contribution in [2.45, 2.75) is 12.8 Å². The number of hydrogen-bond acceptors (Lipinski definition) is 2. The minimum atomic E-state index is -0.330. The van der Waals surface area contributed by atoms with Crippen LogP contribution in [0.15, 0.2) is 18.2 Å². The van der Waals surface area contributed by atoms with Crippen LogP contribution in [0, 0.1) is 11.3 Å². The number of benzene rings is 1. The van der Waals surface area contributed by atoms with Crippen LogP contribution in [0.5, 0.6) is 5.75 Å². The summed E-state index contributed by atoms with van der Waals surface area (Å²) in [5.74, 6) is -0.322. The summed E-state index contributed by atoms with van der Waals surface area (Å²) in [6.45, 7) is 1.71. The third-order valence-electron chi connectivity index (χ3n) is 1.68. The van der Waals surface area contributed by atoms with Gasteiger partial charge in [-0.2, -0.15) is 5.26 Å². The normalized spacial score (nSPS) is 12.1. The summed E-state index contributed by atoms with van der Waals surface area (Å²) in [4.78, 5) is 0. The Morgan fingerprint density at radius 1 is 1.58 bits per heavy atom. The van der Waals surface area contributed by atoms with E-state index < -0.39 is 0 Å². The van der Waals surface area contributed by atoms with Gasteiger partial charge in [-0.25, -0.2) is 0 Å². The lowest BCUT2D eigenvalue weighted by atomic mass is 10.0. The maximum Gasteiger partial charge on any atom is 0.138 e. The molecule has 0 aromatic heterocycles. The highest BCUT2D eigenvalue weighted by molar-refractivity contribution is 6.32. The van der Waals surface area contributed by atoms with E-state index in [1.54, 1.807) is 25.1 Å². The molecule has 0 saturated heterocycles. The Bertz CT molecular complexity index is 330. The molecule has 12 heavy (non-hydrogen) atoms. The van der Waals surface area contributed by atoms with Gasteiger partial charge in [0.1, 0.15) is 5.75 Å². The number of para-hydroxylation sites is 1. The van der Waals surface area contributed by atoms with Gasteiger partial charge < -0.3 is 5.11 Å². The molecule has 3 heteroatoms. The summed E-state index contributed by atoms with van der Waals surface area (Å²) in [6.07, 6.45) is 0. The molecule has 1 atom stereocenters. The molecule has 1 rings (SSSR count). The van der Waals surface area contributed by atoms with Gasteiger partial charge in [0.25, 0.3) is 0 Å². The first-order chi connectivity index (χ1) is 5.66. The molecule has 62 valence electrons. The van der Waals surface area contributed by atoms with E-state index in [2.05, 4.69) is 0 Å². The molecule has 0 spiro atoms. The van der Waals surface area contributed by atoms with Crippen molar-refractivity contribution in [2.75, 3.05) is 0 Å². The lowest BCUT2D eigenvalue weighted by Gasteiger charge is -2.06. The fourth-order valence-corrected chi connectivity index (χ4v) is 1.13. The number of phenols is 1. The SMILES string of the molecule is CC(C#N)c1cccc(Cl)c1O. The Hall–Kier alpha value is -1.20. The van der Waals surface area contributed by atoms with Crippen molar-refractivity contribution in [2.24, 2.45) is 0 Å². The molecular formula is C9H8ClNO. The van der Waals surface area contributed by atoms with Crippen LogP contribution >= 0.6 is 11.6 Å². The smallest absolute Gasteiger partial charge is 0.138 e. The van der Waals surface area contributed by atoms with Gasteiger partial charge in [0.05, 0.1) is 17.0 Å². The number of phenolic OH excluding ortho intramolecular Hbond substituents is 1. The first-order valence-corrected chi connectivity index (χ1v) is 3.91. The highest BCUT2D eigenvalue weighted by Crippen LogP contribution is 2.31. The Labute approximate surface area is 76.0 Å². The van der Waals surface area contributed by atoms with Crippen LogP contribution in [0.25, 0.3) is 0 Å². The number of hydrogen-bond donors (Lipinski definition) is 1. The lowest BCUT2D eigenvalue weighted by molar-refractivity contribution is 0.467. The number of nitriles is 1. The van der Waals surface area contributed by atoms with Crippen LogP contribution in [-0.2, 0) is 0 Å². The molecule has 2 nitrogen and oxygen atoms in total. The second-order valence-corrected chi connectivity index (χ2v) is 2.94. The molecule has 0 fully saturated rings. The summed E-state index contributed by atoms with van der Waals surface area (Å²) >= 11 is 5.66. The Balaban J connectivity index is 3.18. The highest BCUT2D eigenvalue weighted by Gasteiger charge is 2.10. The molecule has 0 heterocycles. The fraction of sp³-hybridized carbons (Fsp3) is 0.222. The summed E-state index contributed by atoms with van der Waals surface area (Å²) in [6, 6.07) is 7.02. The lowest BCUT2D eigenvalue weighted by Crippen LogP contribution is -1.89. The molecule has 0 aliphatic rings. The van der Waals surface area contributed by atoms with Gasteiger partial charge >= 0.3 is 0 Å². The molecule has 1 N–H and O–H groups in total. The van der Waals surface area contributed by atoms with Crippen molar-refractivity contribution in [1.29, 1.82) is 5.26 Å². The van der Waals surface area contributed by atoms with Crippen LogP contribution in [0.3, 0.4) is 0 Å². The minimum Gasteiger partial charge on any atom is -0.506 e. The second kappa shape index (κ2) is 3.46. The van der Waals surface area contributed by atoms with Gasteiger partial charge in [-0.1, -0.05) is 23.7 Å². The van der Waals surface area contributed by atoms with Gasteiger partial charge in [-0.3, -0.25) is 0 Å². The van der Waals surface area contributed by atoms with Crippen molar-refractivity contribution in [3.63, 3.8) is 0 Å². The second-order valence-electron chi connectivity index (χ2n) is 2.53. The number of aromatic hydroxyl groups is 1. The van der Waals surface area contributed by atoms with E-state index in [0.717, 1.165) is 0 Å². The predicted molar refractivity (Wildman–Crippen MR) is 47.1 cm³/mol. The highest BCUT2D eigenvalue weighted by atomic mass is 35.5. The van der Waals surface area contributed by atoms with Gasteiger partial charge in [-0.15, -0.1) is 0 Å². The summed E-state index contributed by atoms with van der Waals surface area (Å²) in [7, 11) is 0. The Morgan fingerprint density at radius 3 is 2.83 bits per heavy atom. The van der Waals surface area contributed by atoms with Gasteiger partial charge in [0.15, 0.2) is 0 Å². The van der Waals surface area contributed by atoms with E-state index in [-0.39, 0.29) is 16.7 Å². The first-order valence-electron chi connectivity index (χ1n) is 3.53. The quantitative estimate of drug-likeness (QED) is 0.724. The van der Waals surface area contributed by atoms with Gasteiger partial charge in [0.2, 0.25) is 0 Å². The molecule has 0 aliphatic carbocycles. The molecule has 1 unspecified atom stereocenters. The monoisotopic (exact) mass is 181 g/mol. The Morgan fingerprint density at radius 2 is 2.25 bits per heavy atom. The summed E-state index contributed by atoms with van der Waals surface area (Å²) in [5, 5.41) is 18.3. The minimum absolute atomic E-state index is 0.00761. The fourth-order valence-electron chi connectivity index (χ4n) is 0.951. The van der Waals surface area contributed by atoms with Crippen molar-refractivity contribution in [3.8, 4) is 11.8 Å². The number of rotatable bonds is 1. The molecule has 0 bridgehead atoms. The summed E-state index contributed by atoms with van der Waals surface area (Å²) < 4.78 is 0. The standard InChI is InChI=1S/C9H8ClNO/c1-6(5-11)7-3-2-4-8(10)9(7)12/h2-4,6,12H,1H3. The van der Waals surface area contributed by atoms with E-state index in [9.17, 15) is 5.11 Å². The molecule has 0 amide bonds. The third-order valence-corrected chi connectivity index (χ3v) is 1.98. The average molecular weight is 182 g/mol. The van der Waals surface area contributed by atoms with E-state index in [1.807, 2.05) is 6.07 Å². The maximum absolute atomic E-state index is 9.42. The number of halogens is 1. The first kappa shape index (κ1) is 8.89. The van der Waals surface area contributed by atoms with E-state index >= 15 is 0 Å². The molecular weight excluding hydrogens is 174 g/mol. The van der Waals surface area contributed by atoms with Gasteiger partial charge in [0, 0.05) is 5.56 Å². The largest absolute Gasteiger partial charge is 0.506 e. The molecule has 0 aliphatic heterocycles. The Kier molecular flexibility index (Phi) is 2.57. The zero-order valence-electron chi connectivity index (χ0n) is 6.58. The third kappa shape index (κ3) is 1.51. The maximum atomic E-state index is 9.42. The van der Waals surface area contributed by atoms with Crippen molar-refractivity contribution in [3.05, 3.63) is 28.8 Å². The molecule has 0 saturated carbocycles. The van der Waals surface area contributed by atoms with Crippen molar-refractivity contribution < 1.29 is 5.11 Å². The van der Waals surface area contributed by atoms with E-state index in [0.29, 0.717) is 5.56 Å². The zero-order valence-corrected chi connectivity index (χ0v) is 7.34. The molecule has 1 aromatic rings. The van der Waals surface area contributed by atoms with Crippen LogP contribution in [-0.4, -0.2) is 5.11 Å². The topological polar surface area (TPSA) is 44.0 Å². The van der Waals surface area contributed by atoms with Crippen LogP contribution in [0.4, 0.5) is 0 Å². The average Bonchev–Trinajstić information content (AvgIpc) is 2.08. The van der Waals surface area contributed by atoms with E-state index in [4.69, 9.17) is 16.9 Å². The van der Waals surface area contributed by atoms with Crippen LogP contribution in [0.1, 0.15) is 18.4 Å². The van der Waals surface area contributed by atoms with Crippen molar-refractivity contribution in [1.82, 2.24) is 0 Å². The van der Waals surface area contributed by atoms with E-state index in [1.165, 1.54) is 0 Å². The summed E-state index contributed by atoms with van der Waals surface area (Å²) in [5.41, 5.74) is 0.574. The van der Waals surface area contributed by atoms with Gasteiger partial charge in [-0.05, 0) is 13.0 Å².